The fourth-order valence-electron chi connectivity index (χ4n) is 6.32. The van der Waals surface area contributed by atoms with E-state index in [1.165, 1.54) is 38.5 Å². The normalized spacial score (nSPS) is 29.6. The first-order valence-electron chi connectivity index (χ1n) is 11.1. The fraction of sp³-hybridized carbons (Fsp3) is 0.609. The van der Waals surface area contributed by atoms with Crippen molar-refractivity contribution in [3.05, 3.63) is 34.4 Å². The van der Waals surface area contributed by atoms with Crippen LogP contribution in [0, 0.1) is 34.9 Å². The Labute approximate surface area is 182 Å². The summed E-state index contributed by atoms with van der Waals surface area (Å²) in [6.45, 7) is 5.27. The minimum atomic E-state index is 0.383. The van der Waals surface area contributed by atoms with Crippen molar-refractivity contribution < 1.29 is 9.47 Å². The van der Waals surface area contributed by atoms with Gasteiger partial charge in [0.05, 0.1) is 19.4 Å². The van der Waals surface area contributed by atoms with Crippen LogP contribution in [0.4, 0.5) is 0 Å². The number of aryl methyl sites for hydroxylation is 1. The third kappa shape index (κ3) is 3.80. The first kappa shape index (κ1) is 19.8. The van der Waals surface area contributed by atoms with E-state index in [-0.39, 0.29) is 0 Å². The zero-order chi connectivity index (χ0) is 20.7. The van der Waals surface area contributed by atoms with Crippen LogP contribution in [0.25, 0.3) is 0 Å². The summed E-state index contributed by atoms with van der Waals surface area (Å²) < 4.78 is 14.4. The van der Waals surface area contributed by atoms with Gasteiger partial charge >= 0.3 is 0 Å². The molecule has 4 saturated carbocycles. The third-order valence-corrected chi connectivity index (χ3v) is 7.37. The summed E-state index contributed by atoms with van der Waals surface area (Å²) in [5, 5.41) is 11.3. The van der Waals surface area contributed by atoms with Gasteiger partial charge in [-0.15, -0.1) is 0 Å². The lowest BCUT2D eigenvalue weighted by Gasteiger charge is -2.56. The zero-order valence-electron chi connectivity index (χ0n) is 17.8. The summed E-state index contributed by atoms with van der Waals surface area (Å²) in [5.74, 6) is 5.13. The van der Waals surface area contributed by atoms with Gasteiger partial charge < -0.3 is 9.47 Å². The number of hydrogen-bond donors (Lipinski definition) is 1. The van der Waals surface area contributed by atoms with E-state index in [0.29, 0.717) is 16.8 Å². The van der Waals surface area contributed by atoms with Crippen LogP contribution in [0.1, 0.15) is 56.8 Å². The van der Waals surface area contributed by atoms with Crippen molar-refractivity contribution in [1.82, 2.24) is 14.9 Å². The highest BCUT2D eigenvalue weighted by Crippen LogP contribution is 2.60. The van der Waals surface area contributed by atoms with Crippen molar-refractivity contribution in [2.45, 2.75) is 52.4 Å². The second kappa shape index (κ2) is 7.84. The number of hydrogen-bond acceptors (Lipinski definition) is 5. The predicted octanol–water partition coefficient (Wildman–Crippen LogP) is 5.13. The van der Waals surface area contributed by atoms with Gasteiger partial charge in [-0.2, -0.15) is 14.9 Å². The van der Waals surface area contributed by atoms with E-state index in [4.69, 9.17) is 21.7 Å². The average molecular weight is 427 g/mol. The SMILES string of the molecule is CCOc1cc(/C=N\n2c(C)n[nH]c2=S)ccc1OCC12CC3CC(CC(C3)C1)C2. The van der Waals surface area contributed by atoms with Gasteiger partial charge in [-0.1, -0.05) is 0 Å². The zero-order valence-corrected chi connectivity index (χ0v) is 18.6. The quantitative estimate of drug-likeness (QED) is 0.493. The van der Waals surface area contributed by atoms with Gasteiger partial charge in [0.25, 0.3) is 0 Å². The number of H-pyrrole nitrogens is 1. The number of rotatable bonds is 7. The summed E-state index contributed by atoms with van der Waals surface area (Å²) in [6, 6.07) is 6.01. The van der Waals surface area contributed by atoms with Crippen molar-refractivity contribution in [2.75, 3.05) is 13.2 Å². The van der Waals surface area contributed by atoms with Gasteiger partial charge in [0.15, 0.2) is 11.5 Å². The Hall–Kier alpha value is -2.15. The number of ether oxygens (including phenoxy) is 2. The molecule has 0 amide bonds. The maximum atomic E-state index is 6.41. The molecule has 160 valence electrons. The molecule has 0 spiro atoms. The molecule has 2 aromatic rings. The van der Waals surface area contributed by atoms with Crippen LogP contribution < -0.4 is 9.47 Å². The van der Waals surface area contributed by atoms with Crippen molar-refractivity contribution >= 4 is 18.4 Å². The molecule has 0 aliphatic heterocycles. The van der Waals surface area contributed by atoms with Crippen molar-refractivity contribution in [2.24, 2.45) is 28.3 Å². The molecule has 30 heavy (non-hydrogen) atoms. The molecule has 0 unspecified atom stereocenters. The molecule has 4 bridgehead atoms. The molecule has 1 aromatic heterocycles. The Bertz CT molecular complexity index is 974. The minimum Gasteiger partial charge on any atom is -0.490 e. The van der Waals surface area contributed by atoms with E-state index in [1.807, 2.05) is 32.0 Å². The van der Waals surface area contributed by atoms with Crippen LogP contribution >= 0.6 is 12.2 Å². The number of aromatic amines is 1. The topological polar surface area (TPSA) is 64.4 Å². The monoisotopic (exact) mass is 426 g/mol. The lowest BCUT2D eigenvalue weighted by molar-refractivity contribution is -0.0748. The van der Waals surface area contributed by atoms with Crippen molar-refractivity contribution in [3.63, 3.8) is 0 Å². The Morgan fingerprint density at radius 2 is 1.87 bits per heavy atom. The second-order valence-corrected chi connectivity index (χ2v) is 9.86. The Morgan fingerprint density at radius 3 is 2.47 bits per heavy atom. The van der Waals surface area contributed by atoms with Crippen LogP contribution in [0.3, 0.4) is 0 Å². The fourth-order valence-corrected chi connectivity index (χ4v) is 6.55. The van der Waals surface area contributed by atoms with Gasteiger partial charge in [-0.3, -0.25) is 5.10 Å². The number of aromatic nitrogens is 3. The van der Waals surface area contributed by atoms with E-state index < -0.39 is 0 Å². The molecule has 1 N–H and O–H groups in total. The number of nitrogens with zero attached hydrogens (tertiary/aromatic N) is 3. The number of nitrogens with one attached hydrogen (secondary N) is 1. The van der Waals surface area contributed by atoms with Crippen LogP contribution in [0.2, 0.25) is 0 Å². The van der Waals surface area contributed by atoms with Gasteiger partial charge in [-0.25, -0.2) is 0 Å². The molecule has 1 aromatic carbocycles. The average Bonchev–Trinajstić information content (AvgIpc) is 3.02. The van der Waals surface area contributed by atoms with Gasteiger partial charge in [0, 0.05) is 5.41 Å². The molecular formula is C23H30N4O2S. The first-order chi connectivity index (χ1) is 14.5. The predicted molar refractivity (Wildman–Crippen MR) is 119 cm³/mol. The molecule has 7 heteroatoms. The van der Waals surface area contributed by atoms with E-state index in [9.17, 15) is 0 Å². The van der Waals surface area contributed by atoms with Crippen LogP contribution in [0.5, 0.6) is 11.5 Å². The molecule has 6 rings (SSSR count). The Balaban J connectivity index is 1.32. The van der Waals surface area contributed by atoms with Crippen molar-refractivity contribution in [3.8, 4) is 11.5 Å². The molecule has 1 heterocycles. The lowest BCUT2D eigenvalue weighted by Crippen LogP contribution is -2.48. The minimum absolute atomic E-state index is 0.383. The Kier molecular flexibility index (Phi) is 5.17. The summed E-state index contributed by atoms with van der Waals surface area (Å²) in [5.41, 5.74) is 1.32. The van der Waals surface area contributed by atoms with Gasteiger partial charge in [0.1, 0.15) is 5.82 Å². The highest BCUT2D eigenvalue weighted by Gasteiger charge is 2.51. The van der Waals surface area contributed by atoms with Gasteiger partial charge in [-0.05, 0) is 106 Å². The summed E-state index contributed by atoms with van der Waals surface area (Å²) in [7, 11) is 0. The molecule has 0 saturated heterocycles. The van der Waals surface area contributed by atoms with E-state index >= 15 is 0 Å². The molecule has 0 radical (unpaired) electrons. The van der Waals surface area contributed by atoms with E-state index in [2.05, 4.69) is 15.3 Å². The van der Waals surface area contributed by atoms with Crippen LogP contribution in [0.15, 0.2) is 23.3 Å². The van der Waals surface area contributed by atoms with Crippen molar-refractivity contribution in [1.29, 1.82) is 0 Å². The summed E-state index contributed by atoms with van der Waals surface area (Å²) in [4.78, 5) is 0. The molecule has 0 atom stereocenters. The van der Waals surface area contributed by atoms with E-state index in [0.717, 1.165) is 47.2 Å². The smallest absolute Gasteiger partial charge is 0.216 e. The molecule has 4 fully saturated rings. The number of benzene rings is 1. The van der Waals surface area contributed by atoms with Crippen LogP contribution in [-0.2, 0) is 0 Å². The highest BCUT2D eigenvalue weighted by molar-refractivity contribution is 7.71. The highest BCUT2D eigenvalue weighted by atomic mass is 32.1. The maximum absolute atomic E-state index is 6.41. The Morgan fingerprint density at radius 1 is 1.17 bits per heavy atom. The van der Waals surface area contributed by atoms with Crippen LogP contribution in [-0.4, -0.2) is 34.3 Å². The standard InChI is InChI=1S/C23H30N4O2S/c1-3-28-21-9-16(13-24-27-15(2)25-26-22(27)30)4-5-20(21)29-14-23-10-17-6-18(11-23)8-19(7-17)12-23/h4-5,9,13,17-19H,3,6-8,10-12,14H2,1-2H3,(H,26,30)/b24-13-. The third-order valence-electron chi connectivity index (χ3n) is 7.10. The largest absolute Gasteiger partial charge is 0.490 e. The maximum Gasteiger partial charge on any atom is 0.216 e. The lowest BCUT2D eigenvalue weighted by atomic mass is 9.50. The summed E-state index contributed by atoms with van der Waals surface area (Å²) >= 11 is 5.21. The van der Waals surface area contributed by atoms with E-state index in [1.54, 1.807) is 10.9 Å². The van der Waals surface area contributed by atoms with Gasteiger partial charge in [0.2, 0.25) is 4.77 Å². The molecule has 6 nitrogen and oxygen atoms in total. The first-order valence-corrected chi connectivity index (χ1v) is 11.5. The second-order valence-electron chi connectivity index (χ2n) is 9.48. The molecule has 4 aliphatic carbocycles. The molecular weight excluding hydrogens is 396 g/mol. The molecule has 4 aliphatic rings. The summed E-state index contributed by atoms with van der Waals surface area (Å²) in [6.07, 6.45) is 10.2.